The Balaban J connectivity index is 2.08. The predicted molar refractivity (Wildman–Crippen MR) is 87.2 cm³/mol. The monoisotopic (exact) mass is 321 g/mol. The van der Waals surface area contributed by atoms with Gasteiger partial charge in [-0.1, -0.05) is 20.8 Å². The van der Waals surface area contributed by atoms with Crippen LogP contribution >= 0.6 is 0 Å². The molecule has 2 heterocycles. The zero-order valence-electron chi connectivity index (χ0n) is 14.7. The molecule has 6 heteroatoms. The zero-order valence-corrected chi connectivity index (χ0v) is 14.7. The average molecular weight is 321 g/mol. The van der Waals surface area contributed by atoms with E-state index < -0.39 is 5.97 Å². The van der Waals surface area contributed by atoms with Crippen LogP contribution in [0, 0.1) is 0 Å². The van der Waals surface area contributed by atoms with Crippen molar-refractivity contribution >= 4 is 5.97 Å². The lowest BCUT2D eigenvalue weighted by atomic mass is 9.95. The quantitative estimate of drug-likeness (QED) is 0.916. The van der Waals surface area contributed by atoms with Crippen molar-refractivity contribution in [2.75, 3.05) is 13.2 Å². The van der Waals surface area contributed by atoms with E-state index in [1.807, 2.05) is 12.4 Å². The Morgan fingerprint density at radius 2 is 2.00 bits per heavy atom. The number of morpholine rings is 1. The summed E-state index contributed by atoms with van der Waals surface area (Å²) in [6, 6.07) is 0. The van der Waals surface area contributed by atoms with Crippen molar-refractivity contribution < 1.29 is 14.6 Å². The van der Waals surface area contributed by atoms with E-state index in [1.165, 1.54) is 0 Å². The SMILES string of the molecule is CC(C)(C)c1ncc(CN2CC(CC(=O)O)OCC2(C)C)cn1. The van der Waals surface area contributed by atoms with E-state index in [-0.39, 0.29) is 23.5 Å². The second-order valence-corrected chi connectivity index (χ2v) is 7.89. The molecule has 0 bridgehead atoms. The molecule has 6 nitrogen and oxygen atoms in total. The van der Waals surface area contributed by atoms with Gasteiger partial charge >= 0.3 is 5.97 Å². The van der Waals surface area contributed by atoms with Crippen molar-refractivity contribution in [2.24, 2.45) is 0 Å². The molecule has 1 N–H and O–H groups in total. The Hall–Kier alpha value is -1.53. The summed E-state index contributed by atoms with van der Waals surface area (Å²) in [5.74, 6) is -0.00115. The molecule has 1 unspecified atom stereocenters. The van der Waals surface area contributed by atoms with Crippen LogP contribution in [-0.4, -0.2) is 50.7 Å². The summed E-state index contributed by atoms with van der Waals surface area (Å²) >= 11 is 0. The molecular weight excluding hydrogens is 294 g/mol. The number of carbonyl (C=O) groups is 1. The fourth-order valence-electron chi connectivity index (χ4n) is 2.60. The number of carboxylic acid groups (broad SMARTS) is 1. The Bertz CT molecular complexity index is 549. The van der Waals surface area contributed by atoms with Gasteiger partial charge in [-0.05, 0) is 13.8 Å². The van der Waals surface area contributed by atoms with Gasteiger partial charge in [0.2, 0.25) is 0 Å². The van der Waals surface area contributed by atoms with E-state index in [2.05, 4.69) is 49.5 Å². The number of ether oxygens (including phenoxy) is 1. The standard InChI is InChI=1S/C17H27N3O3/c1-16(2,3)15-18-7-12(8-19-15)9-20-10-13(6-14(21)22)23-11-17(20,4)5/h7-8,13H,6,9-11H2,1-5H3,(H,21,22). The summed E-state index contributed by atoms with van der Waals surface area (Å²) < 4.78 is 5.68. The van der Waals surface area contributed by atoms with E-state index in [9.17, 15) is 4.79 Å². The lowest BCUT2D eigenvalue weighted by Crippen LogP contribution is -2.55. The van der Waals surface area contributed by atoms with E-state index in [0.717, 1.165) is 11.4 Å². The molecule has 1 aromatic heterocycles. The Kier molecular flexibility index (Phi) is 5.06. The van der Waals surface area contributed by atoms with Gasteiger partial charge in [-0.2, -0.15) is 0 Å². The second kappa shape index (κ2) is 6.53. The van der Waals surface area contributed by atoms with E-state index in [4.69, 9.17) is 9.84 Å². The van der Waals surface area contributed by atoms with Crippen molar-refractivity contribution in [3.63, 3.8) is 0 Å². The third-order valence-electron chi connectivity index (χ3n) is 4.10. The molecule has 0 radical (unpaired) electrons. The van der Waals surface area contributed by atoms with Gasteiger partial charge in [0.1, 0.15) is 5.82 Å². The van der Waals surface area contributed by atoms with Crippen LogP contribution in [0.2, 0.25) is 0 Å². The molecule has 0 spiro atoms. The number of rotatable bonds is 4. The largest absolute Gasteiger partial charge is 0.481 e. The molecule has 1 aromatic rings. The Labute approximate surface area is 137 Å². The first kappa shape index (κ1) is 17.8. The van der Waals surface area contributed by atoms with Crippen molar-refractivity contribution in [3.8, 4) is 0 Å². The number of aromatic nitrogens is 2. The van der Waals surface area contributed by atoms with Crippen LogP contribution in [0.3, 0.4) is 0 Å². The van der Waals surface area contributed by atoms with Crippen molar-refractivity contribution in [3.05, 3.63) is 23.8 Å². The minimum atomic E-state index is -0.826. The fourth-order valence-corrected chi connectivity index (χ4v) is 2.60. The highest BCUT2D eigenvalue weighted by Crippen LogP contribution is 2.25. The smallest absolute Gasteiger partial charge is 0.306 e. The van der Waals surface area contributed by atoms with E-state index >= 15 is 0 Å². The zero-order chi connectivity index (χ0) is 17.3. The lowest BCUT2D eigenvalue weighted by Gasteiger charge is -2.45. The number of hydrogen-bond donors (Lipinski definition) is 1. The van der Waals surface area contributed by atoms with Gasteiger partial charge in [0.05, 0.1) is 19.1 Å². The summed E-state index contributed by atoms with van der Waals surface area (Å²) in [6.07, 6.45) is 3.50. The van der Waals surface area contributed by atoms with Crippen molar-refractivity contribution in [1.29, 1.82) is 0 Å². The maximum atomic E-state index is 10.9. The molecule has 0 saturated carbocycles. The number of aliphatic carboxylic acids is 1. The fraction of sp³-hybridized carbons (Fsp3) is 0.706. The molecule has 1 fully saturated rings. The van der Waals surface area contributed by atoms with Gasteiger partial charge in [-0.25, -0.2) is 9.97 Å². The Morgan fingerprint density at radius 3 is 2.52 bits per heavy atom. The van der Waals surface area contributed by atoms with Crippen LogP contribution < -0.4 is 0 Å². The van der Waals surface area contributed by atoms with Gasteiger partial charge in [0, 0.05) is 42.0 Å². The number of hydrogen-bond acceptors (Lipinski definition) is 5. The maximum Gasteiger partial charge on any atom is 0.306 e. The normalized spacial score (nSPS) is 22.0. The summed E-state index contributed by atoms with van der Waals surface area (Å²) in [5.41, 5.74) is 0.822. The third-order valence-corrected chi connectivity index (χ3v) is 4.10. The summed E-state index contributed by atoms with van der Waals surface area (Å²) in [4.78, 5) is 22.1. The highest BCUT2D eigenvalue weighted by molar-refractivity contribution is 5.67. The highest BCUT2D eigenvalue weighted by Gasteiger charge is 2.35. The van der Waals surface area contributed by atoms with E-state index in [0.29, 0.717) is 19.7 Å². The first-order chi connectivity index (χ1) is 10.6. The molecular formula is C17H27N3O3. The van der Waals surface area contributed by atoms with Crippen LogP contribution in [0.5, 0.6) is 0 Å². The molecule has 0 aliphatic carbocycles. The summed E-state index contributed by atoms with van der Waals surface area (Å²) in [7, 11) is 0. The van der Waals surface area contributed by atoms with Crippen LogP contribution in [-0.2, 0) is 21.5 Å². The van der Waals surface area contributed by atoms with Crippen LogP contribution in [0.25, 0.3) is 0 Å². The molecule has 1 aliphatic heterocycles. The van der Waals surface area contributed by atoms with Gasteiger partial charge in [-0.3, -0.25) is 9.69 Å². The van der Waals surface area contributed by atoms with E-state index in [1.54, 1.807) is 0 Å². The van der Waals surface area contributed by atoms with Crippen molar-refractivity contribution in [2.45, 2.75) is 64.6 Å². The molecule has 0 aromatic carbocycles. The van der Waals surface area contributed by atoms with Gasteiger partial charge < -0.3 is 9.84 Å². The average Bonchev–Trinajstić information content (AvgIpc) is 2.42. The molecule has 1 atom stereocenters. The predicted octanol–water partition coefficient (Wildman–Crippen LogP) is 2.23. The first-order valence-electron chi connectivity index (χ1n) is 7.98. The first-order valence-corrected chi connectivity index (χ1v) is 7.98. The van der Waals surface area contributed by atoms with Crippen molar-refractivity contribution in [1.82, 2.24) is 14.9 Å². The molecule has 1 saturated heterocycles. The summed E-state index contributed by atoms with van der Waals surface area (Å²) in [6.45, 7) is 12.3. The minimum absolute atomic E-state index is 0.0338. The minimum Gasteiger partial charge on any atom is -0.481 e. The highest BCUT2D eigenvalue weighted by atomic mass is 16.5. The Morgan fingerprint density at radius 1 is 1.39 bits per heavy atom. The van der Waals surface area contributed by atoms with Gasteiger partial charge in [-0.15, -0.1) is 0 Å². The number of carboxylic acids is 1. The molecule has 128 valence electrons. The molecule has 23 heavy (non-hydrogen) atoms. The topological polar surface area (TPSA) is 75.6 Å². The molecule has 2 rings (SSSR count). The maximum absolute atomic E-state index is 10.9. The molecule has 1 aliphatic rings. The second-order valence-electron chi connectivity index (χ2n) is 7.89. The number of nitrogens with zero attached hydrogens (tertiary/aromatic N) is 3. The summed E-state index contributed by atoms with van der Waals surface area (Å²) in [5, 5.41) is 8.96. The lowest BCUT2D eigenvalue weighted by molar-refractivity contribution is -0.147. The third kappa shape index (κ3) is 4.72. The van der Waals surface area contributed by atoms with Crippen LogP contribution in [0.1, 0.15) is 52.4 Å². The van der Waals surface area contributed by atoms with Gasteiger partial charge in [0.15, 0.2) is 0 Å². The van der Waals surface area contributed by atoms with Crippen LogP contribution in [0.4, 0.5) is 0 Å². The van der Waals surface area contributed by atoms with Crippen LogP contribution in [0.15, 0.2) is 12.4 Å². The van der Waals surface area contributed by atoms with Gasteiger partial charge in [0.25, 0.3) is 0 Å². The molecule has 0 amide bonds.